The van der Waals surface area contributed by atoms with Gasteiger partial charge in [0.2, 0.25) is 0 Å². The highest BCUT2D eigenvalue weighted by Gasteiger charge is 2.22. The van der Waals surface area contributed by atoms with Crippen LogP contribution in [-0.2, 0) is 0 Å². The Morgan fingerprint density at radius 2 is 0.962 bits per heavy atom. The third-order valence-corrected chi connectivity index (χ3v) is 10.4. The first-order valence-corrected chi connectivity index (χ1v) is 18.8. The Bertz CT molecular complexity index is 2320. The van der Waals surface area contributed by atoms with Crippen molar-refractivity contribution in [3.63, 3.8) is 0 Å². The average Bonchev–Trinajstić information content (AvgIpc) is 3.19. The van der Waals surface area contributed by atoms with Gasteiger partial charge in [-0.25, -0.2) is 0 Å². The Hall–Kier alpha value is -6.12. The van der Waals surface area contributed by atoms with Gasteiger partial charge < -0.3 is 10.6 Å². The molecule has 2 unspecified atom stereocenters. The lowest BCUT2D eigenvalue weighted by Gasteiger charge is -2.27. The third-order valence-electron chi connectivity index (χ3n) is 10.4. The molecular weight excluding hydrogens is 641 g/mol. The highest BCUT2D eigenvalue weighted by molar-refractivity contribution is 5.84. The number of nitrogens with one attached hydrogen (secondary N) is 2. The zero-order valence-corrected chi connectivity index (χ0v) is 30.8. The quantitative estimate of drug-likeness (QED) is 0.158. The molecule has 6 aromatic rings. The molecule has 2 atom stereocenters. The van der Waals surface area contributed by atoms with Gasteiger partial charge in [0.1, 0.15) is 0 Å². The molecule has 0 radical (unpaired) electrons. The molecule has 0 aromatic heterocycles. The van der Waals surface area contributed by atoms with Crippen molar-refractivity contribution in [1.29, 1.82) is 0 Å². The molecule has 0 saturated carbocycles. The molecule has 6 aromatic carbocycles. The fourth-order valence-corrected chi connectivity index (χ4v) is 7.55. The van der Waals surface area contributed by atoms with Gasteiger partial charge in [-0.15, -0.1) is 0 Å². The number of rotatable bonds is 9. The van der Waals surface area contributed by atoms with Gasteiger partial charge in [-0.1, -0.05) is 164 Å². The Kier molecular flexibility index (Phi) is 9.77. The Balaban J connectivity index is 1.07. The minimum absolute atomic E-state index is 0.155. The average molecular weight is 687 g/mol. The van der Waals surface area contributed by atoms with Crippen LogP contribution in [0.2, 0.25) is 0 Å². The summed E-state index contributed by atoms with van der Waals surface area (Å²) in [5.41, 5.74) is 18.6. The molecule has 53 heavy (non-hydrogen) atoms. The lowest BCUT2D eigenvalue weighted by atomic mass is 9.81. The second-order valence-corrected chi connectivity index (χ2v) is 14.6. The van der Waals surface area contributed by atoms with E-state index in [0.717, 1.165) is 29.9 Å². The van der Waals surface area contributed by atoms with Crippen molar-refractivity contribution < 1.29 is 0 Å². The number of hydrogen-bond acceptors (Lipinski definition) is 2. The highest BCUT2D eigenvalue weighted by Crippen LogP contribution is 2.39. The molecule has 2 N–H and O–H groups in total. The molecule has 260 valence electrons. The number of hydrogen-bond donors (Lipinski definition) is 2. The van der Waals surface area contributed by atoms with Crippen LogP contribution in [0, 0.1) is 19.8 Å². The van der Waals surface area contributed by atoms with E-state index in [0.29, 0.717) is 5.92 Å². The van der Waals surface area contributed by atoms with E-state index in [9.17, 15) is 0 Å². The normalized spacial score (nSPS) is 16.9. The molecule has 8 rings (SSSR count). The second kappa shape index (κ2) is 15.2. The molecule has 2 aliphatic rings. The van der Waals surface area contributed by atoms with Crippen LogP contribution < -0.4 is 10.6 Å². The van der Waals surface area contributed by atoms with Crippen LogP contribution in [0.25, 0.3) is 33.4 Å². The summed E-state index contributed by atoms with van der Waals surface area (Å²) in [5.74, 6) is 0.406. The summed E-state index contributed by atoms with van der Waals surface area (Å²) in [5, 5.41) is 7.62. The first kappa shape index (κ1) is 34.0. The molecule has 0 saturated heterocycles. The van der Waals surface area contributed by atoms with E-state index < -0.39 is 0 Å². The second-order valence-electron chi connectivity index (χ2n) is 14.6. The lowest BCUT2D eigenvalue weighted by molar-refractivity contribution is 0.742. The van der Waals surface area contributed by atoms with Gasteiger partial charge in [-0.2, -0.15) is 0 Å². The standard InChI is InChI=1S/C51H46N2/c1-35-13-17-39(18-14-35)41-21-25-47(26-22-41)52-49-33-44(38-9-5-4-6-10-38)31-45(34-49)43-29-37(3)30-46(32-43)50-11-7-8-12-51(50)53-48-27-23-42(24-28-48)40-19-15-36(2)16-20-40/h4-29,31-32,34,37,49,52-53H,30,33H2,1-3H3. The predicted molar refractivity (Wildman–Crippen MR) is 227 cm³/mol. The van der Waals surface area contributed by atoms with Crippen molar-refractivity contribution in [2.45, 2.75) is 39.7 Å². The molecule has 0 aliphatic heterocycles. The van der Waals surface area contributed by atoms with Crippen LogP contribution in [0.1, 0.15) is 42.0 Å². The van der Waals surface area contributed by atoms with E-state index >= 15 is 0 Å². The van der Waals surface area contributed by atoms with Crippen molar-refractivity contribution in [2.24, 2.45) is 5.92 Å². The third kappa shape index (κ3) is 8.03. The van der Waals surface area contributed by atoms with Crippen LogP contribution in [0.3, 0.4) is 0 Å². The number of anilines is 3. The Morgan fingerprint density at radius 3 is 1.58 bits per heavy atom. The van der Waals surface area contributed by atoms with Crippen LogP contribution in [-0.4, -0.2) is 6.04 Å². The monoisotopic (exact) mass is 686 g/mol. The molecule has 2 aliphatic carbocycles. The Morgan fingerprint density at radius 1 is 0.453 bits per heavy atom. The maximum Gasteiger partial charge on any atom is 0.0493 e. The number of allylic oxidation sites excluding steroid dienone is 6. The molecule has 0 fully saturated rings. The fraction of sp³-hybridized carbons (Fsp3) is 0.137. The smallest absolute Gasteiger partial charge is 0.0493 e. The summed E-state index contributed by atoms with van der Waals surface area (Å²) < 4.78 is 0. The summed E-state index contributed by atoms with van der Waals surface area (Å²) in [6.45, 7) is 6.59. The number of aryl methyl sites for hydroxylation is 2. The maximum absolute atomic E-state index is 3.87. The van der Waals surface area contributed by atoms with Gasteiger partial charge in [0, 0.05) is 28.7 Å². The zero-order chi connectivity index (χ0) is 36.1. The molecular formula is C51H46N2. The van der Waals surface area contributed by atoms with E-state index in [2.05, 4.69) is 207 Å². The SMILES string of the molecule is Cc1ccc(-c2ccc(Nc3ccccc3C3=CC(C4=CC(Nc5ccc(-c6ccc(C)cc6)cc5)CC(c5ccccc5)=C4)=CC(C)C3)cc2)cc1. The van der Waals surface area contributed by atoms with Crippen molar-refractivity contribution in [3.8, 4) is 22.3 Å². The summed E-state index contributed by atoms with van der Waals surface area (Å²) in [7, 11) is 0. The van der Waals surface area contributed by atoms with Crippen molar-refractivity contribution in [1.82, 2.24) is 0 Å². The van der Waals surface area contributed by atoms with E-state index in [1.807, 2.05) is 0 Å². The van der Waals surface area contributed by atoms with Crippen molar-refractivity contribution in [2.75, 3.05) is 10.6 Å². The van der Waals surface area contributed by atoms with Gasteiger partial charge in [0.25, 0.3) is 0 Å². The fourth-order valence-electron chi connectivity index (χ4n) is 7.55. The lowest BCUT2D eigenvalue weighted by Crippen LogP contribution is -2.21. The van der Waals surface area contributed by atoms with Crippen LogP contribution in [0.15, 0.2) is 187 Å². The van der Waals surface area contributed by atoms with Gasteiger partial charge in [0.05, 0.1) is 0 Å². The zero-order valence-electron chi connectivity index (χ0n) is 30.8. The largest absolute Gasteiger partial charge is 0.378 e. The minimum atomic E-state index is 0.155. The minimum Gasteiger partial charge on any atom is -0.378 e. The van der Waals surface area contributed by atoms with E-state index in [1.165, 1.54) is 66.8 Å². The molecule has 0 bridgehead atoms. The van der Waals surface area contributed by atoms with Gasteiger partial charge in [0.15, 0.2) is 0 Å². The van der Waals surface area contributed by atoms with Crippen molar-refractivity contribution in [3.05, 3.63) is 209 Å². The summed E-state index contributed by atoms with van der Waals surface area (Å²) in [4.78, 5) is 0. The molecule has 0 spiro atoms. The first-order chi connectivity index (χ1) is 25.9. The van der Waals surface area contributed by atoms with Crippen LogP contribution in [0.4, 0.5) is 17.1 Å². The van der Waals surface area contributed by atoms with Crippen LogP contribution in [0.5, 0.6) is 0 Å². The topological polar surface area (TPSA) is 24.1 Å². The van der Waals surface area contributed by atoms with Gasteiger partial charge >= 0.3 is 0 Å². The first-order valence-electron chi connectivity index (χ1n) is 18.8. The summed E-state index contributed by atoms with van der Waals surface area (Å²) in [6, 6.07) is 54.8. The van der Waals surface area contributed by atoms with E-state index in [1.54, 1.807) is 0 Å². The summed E-state index contributed by atoms with van der Waals surface area (Å²) >= 11 is 0. The van der Waals surface area contributed by atoms with Crippen molar-refractivity contribution >= 4 is 28.2 Å². The van der Waals surface area contributed by atoms with E-state index in [-0.39, 0.29) is 6.04 Å². The number of benzene rings is 6. The molecule has 0 amide bonds. The Labute approximate surface area is 315 Å². The summed E-state index contributed by atoms with van der Waals surface area (Å²) in [6.07, 6.45) is 11.6. The molecule has 0 heterocycles. The maximum atomic E-state index is 3.87. The highest BCUT2D eigenvalue weighted by atomic mass is 14.9. The number of para-hydroxylation sites is 1. The van der Waals surface area contributed by atoms with E-state index in [4.69, 9.17) is 0 Å². The molecule has 2 nitrogen and oxygen atoms in total. The van der Waals surface area contributed by atoms with Crippen LogP contribution >= 0.6 is 0 Å². The molecule has 2 heteroatoms. The van der Waals surface area contributed by atoms with Gasteiger partial charge in [-0.05, 0) is 113 Å². The van der Waals surface area contributed by atoms with Gasteiger partial charge in [-0.3, -0.25) is 0 Å². The predicted octanol–water partition coefficient (Wildman–Crippen LogP) is 13.6.